The maximum atomic E-state index is 5.50. The third kappa shape index (κ3) is 2.63. The van der Waals surface area contributed by atoms with E-state index in [0.717, 1.165) is 50.2 Å². The van der Waals surface area contributed by atoms with Crippen molar-refractivity contribution >= 4 is 10.8 Å². The van der Waals surface area contributed by atoms with Crippen molar-refractivity contribution in [3.05, 3.63) is 59.9 Å². The predicted octanol–water partition coefficient (Wildman–Crippen LogP) is 4.31. The maximum absolute atomic E-state index is 5.50. The van der Waals surface area contributed by atoms with Gasteiger partial charge in [0.05, 0.1) is 12.8 Å². The molecule has 2 aromatic carbocycles. The van der Waals surface area contributed by atoms with Gasteiger partial charge in [-0.2, -0.15) is 0 Å². The fourth-order valence-electron chi connectivity index (χ4n) is 3.05. The van der Waals surface area contributed by atoms with E-state index in [1.807, 2.05) is 18.3 Å². The SMILES string of the molecule is COc1cc(-c2nn[nH]c2-c2ccc3ccncc3c2)cc(C)c1C. The van der Waals surface area contributed by atoms with Crippen LogP contribution in [0.15, 0.2) is 48.8 Å². The summed E-state index contributed by atoms with van der Waals surface area (Å²) in [5.74, 6) is 0.853. The molecule has 0 aliphatic heterocycles. The molecule has 0 unspecified atom stereocenters. The molecule has 2 aromatic heterocycles. The number of nitrogens with zero attached hydrogens (tertiary/aromatic N) is 3. The number of benzene rings is 2. The van der Waals surface area contributed by atoms with Gasteiger partial charge in [0.15, 0.2) is 0 Å². The molecule has 0 radical (unpaired) electrons. The minimum atomic E-state index is 0.810. The van der Waals surface area contributed by atoms with E-state index in [0.29, 0.717) is 0 Å². The summed E-state index contributed by atoms with van der Waals surface area (Å²) < 4.78 is 5.50. The average Bonchev–Trinajstić information content (AvgIpc) is 3.13. The van der Waals surface area contributed by atoms with Crippen molar-refractivity contribution in [2.75, 3.05) is 7.11 Å². The van der Waals surface area contributed by atoms with Gasteiger partial charge in [0.25, 0.3) is 0 Å². The second kappa shape index (κ2) is 6.02. The summed E-state index contributed by atoms with van der Waals surface area (Å²) in [6.07, 6.45) is 3.66. The van der Waals surface area contributed by atoms with Crippen LogP contribution in [0.1, 0.15) is 11.1 Å². The number of fused-ring (bicyclic) bond motifs is 1. The highest BCUT2D eigenvalue weighted by atomic mass is 16.5. The van der Waals surface area contributed by atoms with Crippen molar-refractivity contribution in [3.8, 4) is 28.3 Å². The average molecular weight is 330 g/mol. The van der Waals surface area contributed by atoms with Crippen molar-refractivity contribution in [1.82, 2.24) is 20.4 Å². The zero-order valence-electron chi connectivity index (χ0n) is 14.4. The number of hydrogen-bond acceptors (Lipinski definition) is 4. The number of H-pyrrole nitrogens is 1. The fraction of sp³-hybridized carbons (Fsp3) is 0.150. The fourth-order valence-corrected chi connectivity index (χ4v) is 3.05. The molecule has 1 N–H and O–H groups in total. The Bertz CT molecular complexity index is 1070. The van der Waals surface area contributed by atoms with Crippen LogP contribution in [0.3, 0.4) is 0 Å². The van der Waals surface area contributed by atoms with Gasteiger partial charge in [-0.1, -0.05) is 17.3 Å². The van der Waals surface area contributed by atoms with Crippen LogP contribution in [0.25, 0.3) is 33.3 Å². The Morgan fingerprint density at radius 2 is 1.84 bits per heavy atom. The Balaban J connectivity index is 1.87. The summed E-state index contributed by atoms with van der Waals surface area (Å²) in [7, 11) is 1.69. The van der Waals surface area contributed by atoms with Gasteiger partial charge in [-0.3, -0.25) is 10.1 Å². The molecule has 25 heavy (non-hydrogen) atoms. The lowest BCUT2D eigenvalue weighted by molar-refractivity contribution is 0.411. The largest absolute Gasteiger partial charge is 0.496 e. The molecule has 0 spiro atoms. The highest BCUT2D eigenvalue weighted by molar-refractivity contribution is 5.88. The zero-order chi connectivity index (χ0) is 17.4. The number of nitrogens with one attached hydrogen (secondary N) is 1. The third-order valence-corrected chi connectivity index (χ3v) is 4.59. The Labute approximate surface area is 145 Å². The summed E-state index contributed by atoms with van der Waals surface area (Å²) in [5, 5.41) is 13.6. The van der Waals surface area contributed by atoms with Crippen LogP contribution in [0.2, 0.25) is 0 Å². The molecule has 4 rings (SSSR count). The molecular weight excluding hydrogens is 312 g/mol. The maximum Gasteiger partial charge on any atom is 0.122 e. The highest BCUT2D eigenvalue weighted by Gasteiger charge is 2.15. The van der Waals surface area contributed by atoms with Crippen molar-refractivity contribution in [3.63, 3.8) is 0 Å². The number of rotatable bonds is 3. The molecule has 0 bridgehead atoms. The minimum absolute atomic E-state index is 0.810. The van der Waals surface area contributed by atoms with E-state index in [1.165, 1.54) is 0 Å². The Kier molecular flexibility index (Phi) is 3.69. The number of aromatic nitrogens is 4. The first-order valence-electron chi connectivity index (χ1n) is 8.08. The first kappa shape index (κ1) is 15.3. The summed E-state index contributed by atoms with van der Waals surface area (Å²) in [6.45, 7) is 4.13. The van der Waals surface area contributed by atoms with Crippen LogP contribution < -0.4 is 4.74 Å². The van der Waals surface area contributed by atoms with Crippen molar-refractivity contribution < 1.29 is 4.74 Å². The molecule has 0 atom stereocenters. The highest BCUT2D eigenvalue weighted by Crippen LogP contribution is 2.34. The number of hydrogen-bond donors (Lipinski definition) is 1. The lowest BCUT2D eigenvalue weighted by atomic mass is 9.99. The van der Waals surface area contributed by atoms with E-state index >= 15 is 0 Å². The van der Waals surface area contributed by atoms with Crippen LogP contribution in [0.5, 0.6) is 5.75 Å². The quantitative estimate of drug-likeness (QED) is 0.608. The van der Waals surface area contributed by atoms with Gasteiger partial charge in [0, 0.05) is 28.9 Å². The lowest BCUT2D eigenvalue weighted by Crippen LogP contribution is -1.93. The molecule has 5 nitrogen and oxygen atoms in total. The molecule has 0 amide bonds. The van der Waals surface area contributed by atoms with E-state index in [9.17, 15) is 0 Å². The smallest absolute Gasteiger partial charge is 0.122 e. The third-order valence-electron chi connectivity index (χ3n) is 4.59. The van der Waals surface area contributed by atoms with Crippen molar-refractivity contribution in [1.29, 1.82) is 0 Å². The van der Waals surface area contributed by atoms with Gasteiger partial charge in [-0.15, -0.1) is 5.10 Å². The van der Waals surface area contributed by atoms with Gasteiger partial charge in [-0.25, -0.2) is 0 Å². The number of aryl methyl sites for hydroxylation is 1. The number of methoxy groups -OCH3 is 1. The molecule has 0 fully saturated rings. The molecule has 0 saturated carbocycles. The Morgan fingerprint density at radius 1 is 0.960 bits per heavy atom. The number of aromatic amines is 1. The summed E-state index contributed by atoms with van der Waals surface area (Å²) >= 11 is 0. The molecule has 4 aromatic rings. The Morgan fingerprint density at radius 3 is 2.68 bits per heavy atom. The van der Waals surface area contributed by atoms with Gasteiger partial charge < -0.3 is 4.74 Å². The Hall–Kier alpha value is -3.21. The van der Waals surface area contributed by atoms with E-state index < -0.39 is 0 Å². The topological polar surface area (TPSA) is 63.7 Å². The van der Waals surface area contributed by atoms with E-state index in [1.54, 1.807) is 13.3 Å². The monoisotopic (exact) mass is 330 g/mol. The lowest BCUT2D eigenvalue weighted by Gasteiger charge is -2.11. The van der Waals surface area contributed by atoms with Crippen molar-refractivity contribution in [2.24, 2.45) is 0 Å². The normalized spacial score (nSPS) is 11.0. The second-order valence-corrected chi connectivity index (χ2v) is 6.09. The molecule has 2 heterocycles. The molecule has 0 aliphatic carbocycles. The predicted molar refractivity (Wildman–Crippen MR) is 98.6 cm³/mol. The molecule has 0 saturated heterocycles. The van der Waals surface area contributed by atoms with Crippen molar-refractivity contribution in [2.45, 2.75) is 13.8 Å². The van der Waals surface area contributed by atoms with Crippen LogP contribution in [0, 0.1) is 13.8 Å². The zero-order valence-corrected chi connectivity index (χ0v) is 14.4. The van der Waals surface area contributed by atoms with E-state index in [-0.39, 0.29) is 0 Å². The first-order chi connectivity index (χ1) is 12.2. The van der Waals surface area contributed by atoms with Gasteiger partial charge in [0.1, 0.15) is 11.4 Å². The van der Waals surface area contributed by atoms with Gasteiger partial charge >= 0.3 is 0 Å². The number of ether oxygens (including phenoxy) is 1. The molecular formula is C20H18N4O. The second-order valence-electron chi connectivity index (χ2n) is 6.09. The molecule has 0 aliphatic rings. The first-order valence-corrected chi connectivity index (χ1v) is 8.08. The summed E-state index contributed by atoms with van der Waals surface area (Å²) in [6, 6.07) is 12.4. The van der Waals surface area contributed by atoms with E-state index in [2.05, 4.69) is 58.5 Å². The molecule has 5 heteroatoms. The standard InChI is InChI=1S/C20H18N4O/c1-12-8-16(10-18(25-3)13(12)2)20-19(22-24-23-20)15-5-4-14-6-7-21-11-17(14)9-15/h4-11H,1-3H3,(H,22,23,24). The van der Waals surface area contributed by atoms with Crippen LogP contribution in [0.4, 0.5) is 0 Å². The minimum Gasteiger partial charge on any atom is -0.496 e. The van der Waals surface area contributed by atoms with Crippen LogP contribution >= 0.6 is 0 Å². The number of pyridine rings is 1. The van der Waals surface area contributed by atoms with Gasteiger partial charge in [-0.05, 0) is 54.6 Å². The van der Waals surface area contributed by atoms with Crippen LogP contribution in [-0.2, 0) is 0 Å². The molecule has 124 valence electrons. The van der Waals surface area contributed by atoms with E-state index in [4.69, 9.17) is 4.74 Å². The summed E-state index contributed by atoms with van der Waals surface area (Å²) in [4.78, 5) is 4.20. The van der Waals surface area contributed by atoms with Crippen LogP contribution in [-0.4, -0.2) is 27.5 Å². The summed E-state index contributed by atoms with van der Waals surface area (Å²) in [5.41, 5.74) is 5.99. The van der Waals surface area contributed by atoms with Gasteiger partial charge in [0.2, 0.25) is 0 Å².